The van der Waals surface area contributed by atoms with Crippen molar-refractivity contribution in [3.8, 4) is 0 Å². The fourth-order valence-electron chi connectivity index (χ4n) is 4.19. The van der Waals surface area contributed by atoms with Crippen LogP contribution in [-0.2, 0) is 6.54 Å². The van der Waals surface area contributed by atoms with Crippen LogP contribution in [0.1, 0.15) is 40.4 Å². The summed E-state index contributed by atoms with van der Waals surface area (Å²) in [5.74, 6) is 0.838. The summed E-state index contributed by atoms with van der Waals surface area (Å²) >= 11 is 1.73. The molecule has 0 aliphatic carbocycles. The van der Waals surface area contributed by atoms with E-state index in [4.69, 9.17) is 4.42 Å². The van der Waals surface area contributed by atoms with Crippen LogP contribution < -0.4 is 0 Å². The quantitative estimate of drug-likeness (QED) is 0.857. The van der Waals surface area contributed by atoms with Crippen molar-refractivity contribution in [3.63, 3.8) is 0 Å². The molecule has 2 aliphatic rings. The molecule has 2 aliphatic heterocycles. The summed E-state index contributed by atoms with van der Waals surface area (Å²) in [5, 5.41) is 3.23. The molecule has 0 unspecified atom stereocenters. The Balaban J connectivity index is 1.43. The first-order chi connectivity index (χ1) is 11.7. The van der Waals surface area contributed by atoms with E-state index in [1.165, 1.54) is 17.8 Å². The molecule has 2 fully saturated rings. The number of thiazole rings is 1. The molecule has 0 N–H and O–H groups in total. The minimum atomic E-state index is 0.121. The van der Waals surface area contributed by atoms with Crippen LogP contribution in [0.2, 0.25) is 0 Å². The van der Waals surface area contributed by atoms with Crippen molar-refractivity contribution in [2.24, 2.45) is 5.41 Å². The predicted octanol–water partition coefficient (Wildman–Crippen LogP) is 3.17. The first-order valence-electron chi connectivity index (χ1n) is 8.59. The van der Waals surface area contributed by atoms with Crippen LogP contribution in [0.4, 0.5) is 0 Å². The molecule has 0 bridgehead atoms. The van der Waals surface area contributed by atoms with E-state index in [1.807, 2.05) is 23.4 Å². The molecule has 0 saturated carbocycles. The van der Waals surface area contributed by atoms with Crippen LogP contribution in [0, 0.1) is 12.3 Å². The fourth-order valence-corrected chi connectivity index (χ4v) is 4.84. The summed E-state index contributed by atoms with van der Waals surface area (Å²) < 4.78 is 5.30. The maximum absolute atomic E-state index is 12.7. The zero-order chi connectivity index (χ0) is 16.6. The van der Waals surface area contributed by atoms with E-state index < -0.39 is 0 Å². The van der Waals surface area contributed by atoms with Crippen molar-refractivity contribution in [3.05, 3.63) is 40.2 Å². The van der Waals surface area contributed by atoms with E-state index in [2.05, 4.69) is 9.88 Å². The van der Waals surface area contributed by atoms with Gasteiger partial charge in [-0.15, -0.1) is 11.3 Å². The molecule has 2 saturated heterocycles. The van der Waals surface area contributed by atoms with Gasteiger partial charge in [0.05, 0.1) is 18.4 Å². The molecular weight excluding hydrogens is 322 g/mol. The summed E-state index contributed by atoms with van der Waals surface area (Å²) in [5.41, 5.74) is 0.963. The standard InChI is InChI=1S/C18H23N3O2S/c1-14-15(3-9-23-14)17(22)21-8-5-18(13-21)4-2-7-20(12-18)11-16-19-6-10-24-16/h3,6,9-10H,2,4-5,7-8,11-13H2,1H3/t18-/m1/s1. The number of amides is 1. The molecule has 2 aromatic rings. The molecular formula is C18H23N3O2S. The highest BCUT2D eigenvalue weighted by Crippen LogP contribution is 2.40. The molecule has 4 rings (SSSR count). The Morgan fingerprint density at radius 2 is 2.29 bits per heavy atom. The summed E-state index contributed by atoms with van der Waals surface area (Å²) in [7, 11) is 0. The van der Waals surface area contributed by atoms with Crippen LogP contribution >= 0.6 is 11.3 Å². The van der Waals surface area contributed by atoms with Gasteiger partial charge >= 0.3 is 0 Å². The van der Waals surface area contributed by atoms with Gasteiger partial charge in [0, 0.05) is 36.6 Å². The van der Waals surface area contributed by atoms with Gasteiger partial charge in [-0.25, -0.2) is 4.98 Å². The zero-order valence-corrected chi connectivity index (χ0v) is 14.8. The van der Waals surface area contributed by atoms with Crippen molar-refractivity contribution < 1.29 is 9.21 Å². The molecule has 5 nitrogen and oxygen atoms in total. The third-order valence-corrected chi connectivity index (χ3v) is 6.16. The van der Waals surface area contributed by atoms with Crippen molar-refractivity contribution >= 4 is 17.2 Å². The van der Waals surface area contributed by atoms with Gasteiger partial charge in [-0.3, -0.25) is 9.69 Å². The number of nitrogens with zero attached hydrogens (tertiary/aromatic N) is 3. The Labute approximate surface area is 146 Å². The Hall–Kier alpha value is -1.66. The van der Waals surface area contributed by atoms with E-state index in [0.717, 1.165) is 44.9 Å². The van der Waals surface area contributed by atoms with E-state index in [-0.39, 0.29) is 11.3 Å². The second kappa shape index (κ2) is 6.33. The first-order valence-corrected chi connectivity index (χ1v) is 9.47. The summed E-state index contributed by atoms with van der Waals surface area (Å²) in [4.78, 5) is 21.7. The third-order valence-electron chi connectivity index (χ3n) is 5.40. The van der Waals surface area contributed by atoms with Crippen LogP contribution in [-0.4, -0.2) is 46.9 Å². The highest BCUT2D eigenvalue weighted by atomic mass is 32.1. The van der Waals surface area contributed by atoms with E-state index in [9.17, 15) is 4.79 Å². The number of carbonyl (C=O) groups excluding carboxylic acids is 1. The molecule has 2 aromatic heterocycles. The minimum absolute atomic E-state index is 0.121. The highest BCUT2D eigenvalue weighted by Gasteiger charge is 2.43. The summed E-state index contributed by atoms with van der Waals surface area (Å²) in [6, 6.07) is 1.79. The number of likely N-dealkylation sites (tertiary alicyclic amines) is 2. The molecule has 1 spiro atoms. The van der Waals surface area contributed by atoms with Gasteiger partial charge in [-0.05, 0) is 38.8 Å². The number of piperidine rings is 1. The van der Waals surface area contributed by atoms with Gasteiger partial charge in [-0.2, -0.15) is 0 Å². The Morgan fingerprint density at radius 3 is 3.04 bits per heavy atom. The van der Waals surface area contributed by atoms with E-state index >= 15 is 0 Å². The molecule has 1 atom stereocenters. The maximum atomic E-state index is 12.7. The smallest absolute Gasteiger partial charge is 0.257 e. The molecule has 6 heteroatoms. The lowest BCUT2D eigenvalue weighted by Crippen LogP contribution is -2.45. The predicted molar refractivity (Wildman–Crippen MR) is 93.0 cm³/mol. The monoisotopic (exact) mass is 345 g/mol. The van der Waals surface area contributed by atoms with Crippen molar-refractivity contribution in [2.75, 3.05) is 26.2 Å². The molecule has 24 heavy (non-hydrogen) atoms. The SMILES string of the molecule is Cc1occc1C(=O)N1CC[C@@]2(CCCN(Cc3nccs3)C2)C1. The van der Waals surface area contributed by atoms with Crippen LogP contribution in [0.3, 0.4) is 0 Å². The summed E-state index contributed by atoms with van der Waals surface area (Å²) in [6.45, 7) is 6.72. The van der Waals surface area contributed by atoms with Crippen molar-refractivity contribution in [1.29, 1.82) is 0 Å². The summed E-state index contributed by atoms with van der Waals surface area (Å²) in [6.07, 6.45) is 7.01. The fraction of sp³-hybridized carbons (Fsp3) is 0.556. The molecule has 128 valence electrons. The largest absolute Gasteiger partial charge is 0.469 e. The zero-order valence-electron chi connectivity index (χ0n) is 14.0. The second-order valence-corrected chi connectivity index (χ2v) is 8.09. The van der Waals surface area contributed by atoms with Gasteiger partial charge in [0.25, 0.3) is 5.91 Å². The van der Waals surface area contributed by atoms with Crippen molar-refractivity contribution in [1.82, 2.24) is 14.8 Å². The van der Waals surface area contributed by atoms with E-state index in [1.54, 1.807) is 23.7 Å². The Morgan fingerprint density at radius 1 is 1.38 bits per heavy atom. The van der Waals surface area contributed by atoms with Crippen LogP contribution in [0.5, 0.6) is 0 Å². The molecule has 0 aromatic carbocycles. The molecule has 4 heterocycles. The minimum Gasteiger partial charge on any atom is -0.469 e. The van der Waals surface area contributed by atoms with Gasteiger partial charge < -0.3 is 9.32 Å². The van der Waals surface area contributed by atoms with Gasteiger partial charge in [0.2, 0.25) is 0 Å². The lowest BCUT2D eigenvalue weighted by atomic mass is 9.79. The Kier molecular flexibility index (Phi) is 4.18. The topological polar surface area (TPSA) is 49.6 Å². The number of furan rings is 1. The third kappa shape index (κ3) is 3.00. The number of hydrogen-bond acceptors (Lipinski definition) is 5. The normalized spacial score (nSPS) is 24.8. The molecule has 1 amide bonds. The van der Waals surface area contributed by atoms with Gasteiger partial charge in [0.15, 0.2) is 0 Å². The lowest BCUT2D eigenvalue weighted by Gasteiger charge is -2.40. The second-order valence-electron chi connectivity index (χ2n) is 7.11. The average molecular weight is 345 g/mol. The first kappa shape index (κ1) is 15.8. The number of aryl methyl sites for hydroxylation is 1. The van der Waals surface area contributed by atoms with E-state index in [0.29, 0.717) is 5.56 Å². The lowest BCUT2D eigenvalue weighted by molar-refractivity contribution is 0.0674. The van der Waals surface area contributed by atoms with Gasteiger partial charge in [0.1, 0.15) is 10.8 Å². The highest BCUT2D eigenvalue weighted by molar-refractivity contribution is 7.09. The number of rotatable bonds is 3. The number of hydrogen-bond donors (Lipinski definition) is 0. The molecule has 0 radical (unpaired) electrons. The Bertz CT molecular complexity index is 712. The van der Waals surface area contributed by atoms with Crippen LogP contribution in [0.25, 0.3) is 0 Å². The van der Waals surface area contributed by atoms with Gasteiger partial charge in [-0.1, -0.05) is 0 Å². The maximum Gasteiger partial charge on any atom is 0.257 e. The van der Waals surface area contributed by atoms with Crippen molar-refractivity contribution in [2.45, 2.75) is 32.7 Å². The van der Waals surface area contributed by atoms with Crippen LogP contribution in [0.15, 0.2) is 28.3 Å². The number of carbonyl (C=O) groups is 1. The average Bonchev–Trinajstić information content (AvgIpc) is 3.29. The number of aromatic nitrogens is 1.